The summed E-state index contributed by atoms with van der Waals surface area (Å²) in [5, 5.41) is 4.02. The van der Waals surface area contributed by atoms with Crippen LogP contribution in [0.15, 0.2) is 18.2 Å². The molecule has 0 aliphatic rings. The Morgan fingerprint density at radius 3 is 2.59 bits per heavy atom. The van der Waals surface area contributed by atoms with Crippen LogP contribution in [0.1, 0.15) is 33.3 Å². The average molecular weight is 258 g/mol. The number of hydrogen-bond donors (Lipinski definition) is 1. The fraction of sp³-hybridized carbons (Fsp3) is 0.571. The third-order valence-electron chi connectivity index (χ3n) is 2.56. The Hall–Kier alpha value is -0.600. The van der Waals surface area contributed by atoms with E-state index in [4.69, 9.17) is 11.6 Å². The number of halogens is 2. The Morgan fingerprint density at radius 1 is 1.35 bits per heavy atom. The first-order chi connectivity index (χ1) is 7.78. The van der Waals surface area contributed by atoms with Crippen LogP contribution in [0.4, 0.5) is 4.39 Å². The van der Waals surface area contributed by atoms with Gasteiger partial charge in [-0.3, -0.25) is 0 Å². The van der Waals surface area contributed by atoms with E-state index in [1.54, 1.807) is 12.1 Å². The van der Waals surface area contributed by atoms with E-state index in [9.17, 15) is 4.39 Å². The van der Waals surface area contributed by atoms with Crippen molar-refractivity contribution >= 4 is 11.6 Å². The van der Waals surface area contributed by atoms with Crippen LogP contribution in [-0.2, 0) is 6.42 Å². The highest BCUT2D eigenvalue weighted by molar-refractivity contribution is 6.30. The number of nitrogens with one attached hydrogen (secondary N) is 1. The number of benzene rings is 1. The highest BCUT2D eigenvalue weighted by Crippen LogP contribution is 2.18. The summed E-state index contributed by atoms with van der Waals surface area (Å²) in [5.41, 5.74) is 0.793. The summed E-state index contributed by atoms with van der Waals surface area (Å²) >= 11 is 5.87. The molecule has 0 heterocycles. The topological polar surface area (TPSA) is 12.0 Å². The Bertz CT molecular complexity index is 371. The molecule has 0 aliphatic heterocycles. The maximum Gasteiger partial charge on any atom is 0.126 e. The fourth-order valence-corrected chi connectivity index (χ4v) is 1.82. The predicted octanol–water partition coefficient (Wildman–Crippen LogP) is 4.05. The van der Waals surface area contributed by atoms with E-state index < -0.39 is 0 Å². The van der Waals surface area contributed by atoms with Crippen molar-refractivity contribution < 1.29 is 4.39 Å². The van der Waals surface area contributed by atoms with Gasteiger partial charge in [0.15, 0.2) is 0 Å². The van der Waals surface area contributed by atoms with Crippen molar-refractivity contribution in [1.29, 1.82) is 0 Å². The molecule has 1 aromatic carbocycles. The Kier molecular flexibility index (Phi) is 4.96. The van der Waals surface area contributed by atoms with Crippen LogP contribution in [0.5, 0.6) is 0 Å². The zero-order valence-electron chi connectivity index (χ0n) is 11.0. The predicted molar refractivity (Wildman–Crippen MR) is 72.0 cm³/mol. The molecule has 0 aliphatic carbocycles. The van der Waals surface area contributed by atoms with E-state index in [-0.39, 0.29) is 11.4 Å². The molecule has 0 spiro atoms. The first-order valence-corrected chi connectivity index (χ1v) is 6.34. The quantitative estimate of drug-likeness (QED) is 0.858. The maximum absolute atomic E-state index is 13.5. The van der Waals surface area contributed by atoms with Crippen LogP contribution in [0.25, 0.3) is 0 Å². The maximum atomic E-state index is 13.5. The molecular formula is C14H21ClFN. The molecular weight excluding hydrogens is 237 g/mol. The minimum atomic E-state index is -0.169. The van der Waals surface area contributed by atoms with Crippen molar-refractivity contribution in [3.63, 3.8) is 0 Å². The van der Waals surface area contributed by atoms with Crippen LogP contribution < -0.4 is 5.32 Å². The molecule has 17 heavy (non-hydrogen) atoms. The molecule has 0 amide bonds. The van der Waals surface area contributed by atoms with E-state index in [2.05, 4.69) is 33.0 Å². The minimum absolute atomic E-state index is 0.0984. The second-order valence-corrected chi connectivity index (χ2v) is 6.11. The van der Waals surface area contributed by atoms with Gasteiger partial charge in [-0.15, -0.1) is 0 Å². The van der Waals surface area contributed by atoms with Gasteiger partial charge in [0.05, 0.1) is 0 Å². The smallest absolute Gasteiger partial charge is 0.126 e. The molecule has 96 valence electrons. The van der Waals surface area contributed by atoms with Crippen LogP contribution >= 0.6 is 11.6 Å². The standard InChI is InChI=1S/C14H21ClFN/c1-10(9-17-14(2,3)4)7-11-8-12(15)5-6-13(11)16/h5-6,8,10,17H,7,9H2,1-4H3. The van der Waals surface area contributed by atoms with Crippen molar-refractivity contribution in [2.24, 2.45) is 5.92 Å². The second-order valence-electron chi connectivity index (χ2n) is 5.68. The molecule has 3 heteroatoms. The van der Waals surface area contributed by atoms with E-state index in [1.165, 1.54) is 6.07 Å². The summed E-state index contributed by atoms with van der Waals surface area (Å²) in [6.45, 7) is 9.35. The minimum Gasteiger partial charge on any atom is -0.312 e. The van der Waals surface area contributed by atoms with Crippen LogP contribution in [0.2, 0.25) is 5.02 Å². The lowest BCUT2D eigenvalue weighted by atomic mass is 9.99. The molecule has 1 rings (SSSR count). The van der Waals surface area contributed by atoms with Gasteiger partial charge in [-0.1, -0.05) is 18.5 Å². The highest BCUT2D eigenvalue weighted by Gasteiger charge is 2.13. The normalized spacial score (nSPS) is 13.8. The molecule has 0 bridgehead atoms. The monoisotopic (exact) mass is 257 g/mol. The summed E-state index contributed by atoms with van der Waals surface area (Å²) in [4.78, 5) is 0. The summed E-state index contributed by atoms with van der Waals surface area (Å²) < 4.78 is 13.5. The van der Waals surface area contributed by atoms with Gasteiger partial charge in [0.25, 0.3) is 0 Å². The fourth-order valence-electron chi connectivity index (χ4n) is 1.63. The van der Waals surface area contributed by atoms with Gasteiger partial charge in [0, 0.05) is 10.6 Å². The van der Waals surface area contributed by atoms with Gasteiger partial charge < -0.3 is 5.32 Å². The summed E-state index contributed by atoms with van der Waals surface area (Å²) in [7, 11) is 0. The van der Waals surface area contributed by atoms with Crippen LogP contribution in [0, 0.1) is 11.7 Å². The lowest BCUT2D eigenvalue weighted by molar-refractivity contribution is 0.379. The Morgan fingerprint density at radius 2 is 2.00 bits per heavy atom. The van der Waals surface area contributed by atoms with E-state index in [1.807, 2.05) is 0 Å². The lowest BCUT2D eigenvalue weighted by Crippen LogP contribution is -2.39. The van der Waals surface area contributed by atoms with Gasteiger partial charge in [-0.25, -0.2) is 4.39 Å². The molecule has 1 unspecified atom stereocenters. The van der Waals surface area contributed by atoms with Gasteiger partial charge in [0.1, 0.15) is 5.82 Å². The first-order valence-electron chi connectivity index (χ1n) is 5.97. The third kappa shape index (κ3) is 5.51. The van der Waals surface area contributed by atoms with Crippen LogP contribution in [0.3, 0.4) is 0 Å². The number of hydrogen-bond acceptors (Lipinski definition) is 1. The van der Waals surface area contributed by atoms with Gasteiger partial charge in [-0.05, 0) is 63.4 Å². The molecule has 0 fully saturated rings. The van der Waals surface area contributed by atoms with E-state index >= 15 is 0 Å². The molecule has 0 aromatic heterocycles. The molecule has 0 saturated carbocycles. The van der Waals surface area contributed by atoms with Crippen molar-refractivity contribution in [3.05, 3.63) is 34.6 Å². The van der Waals surface area contributed by atoms with Gasteiger partial charge in [-0.2, -0.15) is 0 Å². The van der Waals surface area contributed by atoms with Gasteiger partial charge >= 0.3 is 0 Å². The second kappa shape index (κ2) is 5.83. The molecule has 1 atom stereocenters. The van der Waals surface area contributed by atoms with Crippen molar-refractivity contribution in [3.8, 4) is 0 Å². The largest absolute Gasteiger partial charge is 0.312 e. The third-order valence-corrected chi connectivity index (χ3v) is 2.79. The average Bonchev–Trinajstić information content (AvgIpc) is 2.20. The summed E-state index contributed by atoms with van der Waals surface area (Å²) in [6.07, 6.45) is 0.704. The molecule has 0 saturated heterocycles. The van der Waals surface area contributed by atoms with E-state index in [0.29, 0.717) is 22.9 Å². The van der Waals surface area contributed by atoms with E-state index in [0.717, 1.165) is 6.54 Å². The molecule has 1 N–H and O–H groups in total. The molecule has 1 nitrogen and oxygen atoms in total. The zero-order valence-corrected chi connectivity index (χ0v) is 11.7. The van der Waals surface area contributed by atoms with Crippen molar-refractivity contribution in [1.82, 2.24) is 5.32 Å². The number of rotatable bonds is 4. The Balaban J connectivity index is 2.56. The van der Waals surface area contributed by atoms with Gasteiger partial charge in [0.2, 0.25) is 0 Å². The molecule has 1 aromatic rings. The summed E-state index contributed by atoms with van der Waals surface area (Å²) in [6, 6.07) is 4.73. The lowest BCUT2D eigenvalue weighted by Gasteiger charge is -2.23. The first kappa shape index (κ1) is 14.5. The highest BCUT2D eigenvalue weighted by atomic mass is 35.5. The van der Waals surface area contributed by atoms with Crippen molar-refractivity contribution in [2.75, 3.05) is 6.54 Å². The van der Waals surface area contributed by atoms with Crippen molar-refractivity contribution in [2.45, 2.75) is 39.7 Å². The zero-order chi connectivity index (χ0) is 13.1. The molecule has 0 radical (unpaired) electrons. The summed E-state index contributed by atoms with van der Waals surface area (Å²) in [5.74, 6) is 0.208. The SMILES string of the molecule is CC(CNC(C)(C)C)Cc1cc(Cl)ccc1F. The van der Waals surface area contributed by atoms with Crippen LogP contribution in [-0.4, -0.2) is 12.1 Å². The Labute approximate surface area is 108 Å².